The molecule has 100 valence electrons. The van der Waals surface area contributed by atoms with E-state index < -0.39 is 0 Å². The van der Waals surface area contributed by atoms with E-state index in [-0.39, 0.29) is 11.8 Å². The Hall–Kier alpha value is -1.94. The van der Waals surface area contributed by atoms with Crippen LogP contribution >= 0.6 is 0 Å². The highest BCUT2D eigenvalue weighted by atomic mass is 16.1. The van der Waals surface area contributed by atoms with E-state index in [0.717, 1.165) is 18.5 Å². The van der Waals surface area contributed by atoms with Crippen molar-refractivity contribution in [3.05, 3.63) is 48.3 Å². The SMILES string of the molecule is CC(N)CCCC(=O)c1ccnn1-c1ccccc1. The Labute approximate surface area is 113 Å². The van der Waals surface area contributed by atoms with E-state index in [4.69, 9.17) is 5.73 Å². The number of hydrogen-bond donors (Lipinski definition) is 1. The van der Waals surface area contributed by atoms with Gasteiger partial charge < -0.3 is 5.73 Å². The lowest BCUT2D eigenvalue weighted by molar-refractivity contribution is 0.0971. The number of hydrogen-bond acceptors (Lipinski definition) is 3. The van der Waals surface area contributed by atoms with Gasteiger partial charge in [0.2, 0.25) is 0 Å². The fourth-order valence-electron chi connectivity index (χ4n) is 2.00. The number of Topliss-reactive ketones (excluding diaryl/α,β-unsaturated/α-hetero) is 1. The second-order valence-corrected chi connectivity index (χ2v) is 4.76. The quantitative estimate of drug-likeness (QED) is 0.809. The number of rotatable bonds is 6. The first kappa shape index (κ1) is 13.5. The lowest BCUT2D eigenvalue weighted by Gasteiger charge is -2.07. The molecule has 0 aliphatic heterocycles. The molecule has 19 heavy (non-hydrogen) atoms. The van der Waals surface area contributed by atoms with Crippen molar-refractivity contribution in [3.63, 3.8) is 0 Å². The highest BCUT2D eigenvalue weighted by molar-refractivity contribution is 5.94. The van der Waals surface area contributed by atoms with Crippen LogP contribution in [0.2, 0.25) is 0 Å². The number of aromatic nitrogens is 2. The third-order valence-corrected chi connectivity index (χ3v) is 2.99. The lowest BCUT2D eigenvalue weighted by Crippen LogP contribution is -2.15. The maximum absolute atomic E-state index is 12.2. The van der Waals surface area contributed by atoms with Crippen molar-refractivity contribution in [2.24, 2.45) is 5.73 Å². The first-order valence-electron chi connectivity index (χ1n) is 6.56. The number of nitrogens with two attached hydrogens (primary N) is 1. The van der Waals surface area contributed by atoms with Crippen LogP contribution in [0.15, 0.2) is 42.6 Å². The normalized spacial score (nSPS) is 12.3. The van der Waals surface area contributed by atoms with E-state index in [0.29, 0.717) is 12.1 Å². The van der Waals surface area contributed by atoms with Crippen LogP contribution < -0.4 is 5.73 Å². The number of nitrogens with zero attached hydrogens (tertiary/aromatic N) is 2. The fourth-order valence-corrected chi connectivity index (χ4v) is 2.00. The van der Waals surface area contributed by atoms with Crippen LogP contribution in [0.3, 0.4) is 0 Å². The van der Waals surface area contributed by atoms with Gasteiger partial charge in [0.15, 0.2) is 5.78 Å². The molecule has 1 heterocycles. The monoisotopic (exact) mass is 257 g/mol. The summed E-state index contributed by atoms with van der Waals surface area (Å²) in [6.07, 6.45) is 3.85. The van der Waals surface area contributed by atoms with Crippen LogP contribution in [0.4, 0.5) is 0 Å². The lowest BCUT2D eigenvalue weighted by atomic mass is 10.1. The minimum absolute atomic E-state index is 0.113. The third kappa shape index (κ3) is 3.51. The molecule has 0 aliphatic rings. The average Bonchev–Trinajstić information content (AvgIpc) is 2.88. The highest BCUT2D eigenvalue weighted by Gasteiger charge is 2.13. The minimum Gasteiger partial charge on any atom is -0.328 e. The van der Waals surface area contributed by atoms with Crippen molar-refractivity contribution in [2.75, 3.05) is 0 Å². The van der Waals surface area contributed by atoms with Gasteiger partial charge in [-0.05, 0) is 38.0 Å². The van der Waals surface area contributed by atoms with Crippen molar-refractivity contribution in [3.8, 4) is 5.69 Å². The fraction of sp³-hybridized carbons (Fsp3) is 0.333. The van der Waals surface area contributed by atoms with Gasteiger partial charge in [-0.2, -0.15) is 5.10 Å². The molecule has 0 saturated heterocycles. The van der Waals surface area contributed by atoms with E-state index in [1.54, 1.807) is 16.9 Å². The van der Waals surface area contributed by atoms with Crippen molar-refractivity contribution >= 4 is 5.78 Å². The standard InChI is InChI=1S/C15H19N3O/c1-12(16)6-5-9-15(19)14-10-11-17-18(14)13-7-3-2-4-8-13/h2-4,7-8,10-12H,5-6,9,16H2,1H3. The topological polar surface area (TPSA) is 60.9 Å². The van der Waals surface area contributed by atoms with Gasteiger partial charge >= 0.3 is 0 Å². The molecule has 0 radical (unpaired) electrons. The molecule has 0 spiro atoms. The van der Waals surface area contributed by atoms with E-state index in [1.165, 1.54) is 0 Å². The van der Waals surface area contributed by atoms with Crippen LogP contribution in [0, 0.1) is 0 Å². The molecular weight excluding hydrogens is 238 g/mol. The summed E-state index contributed by atoms with van der Waals surface area (Å²) in [6, 6.07) is 11.6. The molecule has 0 fully saturated rings. The zero-order valence-corrected chi connectivity index (χ0v) is 11.1. The molecule has 1 atom stereocenters. The first-order valence-corrected chi connectivity index (χ1v) is 6.56. The van der Waals surface area contributed by atoms with Gasteiger partial charge in [0, 0.05) is 12.5 Å². The number of carbonyl (C=O) groups is 1. The van der Waals surface area contributed by atoms with Crippen LogP contribution in [0.1, 0.15) is 36.7 Å². The molecule has 1 unspecified atom stereocenters. The van der Waals surface area contributed by atoms with E-state index in [2.05, 4.69) is 5.10 Å². The van der Waals surface area contributed by atoms with Crippen LogP contribution in [0.5, 0.6) is 0 Å². The Morgan fingerprint density at radius 3 is 2.74 bits per heavy atom. The Bertz CT molecular complexity index is 531. The summed E-state index contributed by atoms with van der Waals surface area (Å²) in [5.41, 5.74) is 7.23. The molecule has 2 N–H and O–H groups in total. The molecule has 2 aromatic rings. The zero-order chi connectivity index (χ0) is 13.7. The largest absolute Gasteiger partial charge is 0.328 e. The van der Waals surface area contributed by atoms with Crippen molar-refractivity contribution in [2.45, 2.75) is 32.2 Å². The van der Waals surface area contributed by atoms with E-state index in [1.807, 2.05) is 37.3 Å². The third-order valence-electron chi connectivity index (χ3n) is 2.99. The number of ketones is 1. The molecule has 1 aromatic heterocycles. The van der Waals surface area contributed by atoms with Gasteiger partial charge in [0.25, 0.3) is 0 Å². The van der Waals surface area contributed by atoms with Gasteiger partial charge in [-0.3, -0.25) is 4.79 Å². The predicted octanol–water partition coefficient (Wildman–Crippen LogP) is 2.57. The maximum atomic E-state index is 12.2. The first-order chi connectivity index (χ1) is 9.18. The Kier molecular flexibility index (Phi) is 4.47. The van der Waals surface area contributed by atoms with Crippen molar-refractivity contribution < 1.29 is 4.79 Å². The van der Waals surface area contributed by atoms with Crippen LogP contribution in [0.25, 0.3) is 5.69 Å². The van der Waals surface area contributed by atoms with Gasteiger partial charge in [-0.15, -0.1) is 0 Å². The van der Waals surface area contributed by atoms with Gasteiger partial charge in [0.05, 0.1) is 11.9 Å². The summed E-state index contributed by atoms with van der Waals surface area (Å²) in [5.74, 6) is 0.113. The maximum Gasteiger partial charge on any atom is 0.181 e. The second kappa shape index (κ2) is 6.29. The number of benzene rings is 1. The summed E-state index contributed by atoms with van der Waals surface area (Å²) in [4.78, 5) is 12.2. The molecule has 0 aliphatic carbocycles. The van der Waals surface area contributed by atoms with E-state index >= 15 is 0 Å². The molecule has 0 amide bonds. The molecule has 4 nitrogen and oxygen atoms in total. The molecular formula is C15H19N3O. The predicted molar refractivity (Wildman–Crippen MR) is 75.4 cm³/mol. The summed E-state index contributed by atoms with van der Waals surface area (Å²) in [6.45, 7) is 1.96. The highest BCUT2D eigenvalue weighted by Crippen LogP contribution is 2.13. The number of para-hydroxylation sites is 1. The summed E-state index contributed by atoms with van der Waals surface area (Å²) in [5, 5.41) is 4.22. The Morgan fingerprint density at radius 1 is 1.32 bits per heavy atom. The number of carbonyl (C=O) groups excluding carboxylic acids is 1. The van der Waals surface area contributed by atoms with Crippen molar-refractivity contribution in [1.29, 1.82) is 0 Å². The molecule has 0 bridgehead atoms. The van der Waals surface area contributed by atoms with Gasteiger partial charge in [-0.25, -0.2) is 4.68 Å². The minimum atomic E-state index is 0.113. The van der Waals surface area contributed by atoms with Crippen LogP contribution in [-0.4, -0.2) is 21.6 Å². The smallest absolute Gasteiger partial charge is 0.181 e. The molecule has 1 aromatic carbocycles. The summed E-state index contributed by atoms with van der Waals surface area (Å²) in [7, 11) is 0. The molecule has 2 rings (SSSR count). The summed E-state index contributed by atoms with van der Waals surface area (Å²) < 4.78 is 1.69. The van der Waals surface area contributed by atoms with Crippen LogP contribution in [-0.2, 0) is 0 Å². The summed E-state index contributed by atoms with van der Waals surface area (Å²) >= 11 is 0. The molecule has 0 saturated carbocycles. The zero-order valence-electron chi connectivity index (χ0n) is 11.1. The van der Waals surface area contributed by atoms with Crippen molar-refractivity contribution in [1.82, 2.24) is 9.78 Å². The second-order valence-electron chi connectivity index (χ2n) is 4.76. The Morgan fingerprint density at radius 2 is 2.05 bits per heavy atom. The van der Waals surface area contributed by atoms with E-state index in [9.17, 15) is 4.79 Å². The Balaban J connectivity index is 2.09. The van der Waals surface area contributed by atoms with Gasteiger partial charge in [-0.1, -0.05) is 18.2 Å². The van der Waals surface area contributed by atoms with Gasteiger partial charge in [0.1, 0.15) is 5.69 Å². The average molecular weight is 257 g/mol. The molecule has 4 heteroatoms.